The highest BCUT2D eigenvalue weighted by molar-refractivity contribution is 14.0. The molecule has 0 bridgehead atoms. The van der Waals surface area contributed by atoms with Gasteiger partial charge in [0.1, 0.15) is 0 Å². The van der Waals surface area contributed by atoms with E-state index in [0.717, 1.165) is 45.2 Å². The van der Waals surface area contributed by atoms with Gasteiger partial charge < -0.3 is 25.0 Å². The maximum absolute atomic E-state index is 5.58. The van der Waals surface area contributed by atoms with Crippen LogP contribution in [0.25, 0.3) is 0 Å². The van der Waals surface area contributed by atoms with Crippen molar-refractivity contribution in [2.75, 3.05) is 65.7 Å². The summed E-state index contributed by atoms with van der Waals surface area (Å²) < 4.78 is 11.1. The third-order valence-electron chi connectivity index (χ3n) is 4.28. The summed E-state index contributed by atoms with van der Waals surface area (Å²) in [4.78, 5) is 7.22. The molecule has 0 unspecified atom stereocenters. The van der Waals surface area contributed by atoms with Gasteiger partial charge in [0.15, 0.2) is 5.96 Å². The van der Waals surface area contributed by atoms with Crippen LogP contribution in [0.1, 0.15) is 52.4 Å². The van der Waals surface area contributed by atoms with E-state index in [9.17, 15) is 0 Å². The molecule has 0 atom stereocenters. The average Bonchev–Trinajstić information content (AvgIpc) is 2.89. The second-order valence-corrected chi connectivity index (χ2v) is 6.52. The fraction of sp³-hybridized carbons (Fsp3) is 0.947. The smallest absolute Gasteiger partial charge is 0.191 e. The standard InChI is InChI=1S/C19H40N4O2.HI/c1-3-5-15-24-17-18-25-16-11-22-19(20-4-2)21-10-14-23-12-8-6-7-9-13-23;/h3-18H2,1-2H3,(H2,20,21,22);1H. The van der Waals surface area contributed by atoms with Gasteiger partial charge >= 0.3 is 0 Å². The van der Waals surface area contributed by atoms with Crippen molar-refractivity contribution in [1.82, 2.24) is 15.5 Å². The molecule has 1 saturated heterocycles. The number of aliphatic imine (C=N–C) groups is 1. The quantitative estimate of drug-likeness (QED) is 0.182. The molecule has 0 aliphatic carbocycles. The zero-order valence-corrected chi connectivity index (χ0v) is 19.3. The van der Waals surface area contributed by atoms with E-state index in [2.05, 4.69) is 34.4 Å². The second-order valence-electron chi connectivity index (χ2n) is 6.52. The number of guanidine groups is 1. The van der Waals surface area contributed by atoms with E-state index in [-0.39, 0.29) is 24.0 Å². The second kappa shape index (κ2) is 19.6. The van der Waals surface area contributed by atoms with Crippen molar-refractivity contribution < 1.29 is 9.47 Å². The SMILES string of the molecule is CCCCOCCOCCNC(=NCCN1CCCCCC1)NCC.I. The third kappa shape index (κ3) is 15.0. The van der Waals surface area contributed by atoms with Crippen molar-refractivity contribution in [3.63, 3.8) is 0 Å². The molecule has 7 heteroatoms. The van der Waals surface area contributed by atoms with Crippen molar-refractivity contribution in [2.24, 2.45) is 4.99 Å². The normalized spacial score (nSPS) is 16.0. The van der Waals surface area contributed by atoms with Gasteiger partial charge in [0.25, 0.3) is 0 Å². The highest BCUT2D eigenvalue weighted by Crippen LogP contribution is 2.08. The number of halogens is 1. The maximum Gasteiger partial charge on any atom is 0.191 e. The van der Waals surface area contributed by atoms with Crippen molar-refractivity contribution in [2.45, 2.75) is 52.4 Å². The fourth-order valence-electron chi connectivity index (χ4n) is 2.81. The van der Waals surface area contributed by atoms with Gasteiger partial charge in [-0.05, 0) is 39.3 Å². The van der Waals surface area contributed by atoms with E-state index >= 15 is 0 Å². The largest absolute Gasteiger partial charge is 0.379 e. The van der Waals surface area contributed by atoms with Crippen LogP contribution < -0.4 is 10.6 Å². The van der Waals surface area contributed by atoms with Crippen molar-refractivity contribution >= 4 is 29.9 Å². The highest BCUT2D eigenvalue weighted by Gasteiger charge is 2.08. The highest BCUT2D eigenvalue weighted by atomic mass is 127. The molecule has 1 aliphatic rings. The lowest BCUT2D eigenvalue weighted by molar-refractivity contribution is 0.0487. The van der Waals surface area contributed by atoms with Crippen LogP contribution in [0.4, 0.5) is 0 Å². The van der Waals surface area contributed by atoms with Crippen LogP contribution in [0.3, 0.4) is 0 Å². The summed E-state index contributed by atoms with van der Waals surface area (Å²) in [5.41, 5.74) is 0. The number of ether oxygens (including phenoxy) is 2. The molecule has 0 aromatic rings. The first-order chi connectivity index (χ1) is 12.4. The molecule has 1 heterocycles. The molecule has 0 amide bonds. The Morgan fingerprint density at radius 1 is 0.923 bits per heavy atom. The van der Waals surface area contributed by atoms with Crippen LogP contribution in [-0.2, 0) is 9.47 Å². The molecule has 0 aromatic carbocycles. The first-order valence-electron chi connectivity index (χ1n) is 10.3. The summed E-state index contributed by atoms with van der Waals surface area (Å²) in [5.74, 6) is 0.889. The van der Waals surface area contributed by atoms with E-state index in [0.29, 0.717) is 19.8 Å². The molecule has 0 radical (unpaired) electrons. The number of unbranched alkanes of at least 4 members (excludes halogenated alkanes) is 1. The van der Waals surface area contributed by atoms with Crippen LogP contribution >= 0.6 is 24.0 Å². The Morgan fingerprint density at radius 2 is 1.62 bits per heavy atom. The van der Waals surface area contributed by atoms with Gasteiger partial charge in [-0.25, -0.2) is 0 Å². The Hall–Kier alpha value is -0.120. The molecule has 0 spiro atoms. The fourth-order valence-corrected chi connectivity index (χ4v) is 2.81. The molecule has 26 heavy (non-hydrogen) atoms. The van der Waals surface area contributed by atoms with Crippen LogP contribution in [-0.4, -0.2) is 76.6 Å². The van der Waals surface area contributed by atoms with Crippen LogP contribution in [0.5, 0.6) is 0 Å². The first-order valence-corrected chi connectivity index (χ1v) is 10.3. The van der Waals surface area contributed by atoms with E-state index in [1.165, 1.54) is 45.2 Å². The Kier molecular flexibility index (Phi) is 19.5. The lowest BCUT2D eigenvalue weighted by atomic mass is 10.2. The number of rotatable bonds is 13. The van der Waals surface area contributed by atoms with E-state index in [1.54, 1.807) is 0 Å². The van der Waals surface area contributed by atoms with E-state index in [1.807, 2.05) is 0 Å². The van der Waals surface area contributed by atoms with Crippen LogP contribution in [0, 0.1) is 0 Å². The van der Waals surface area contributed by atoms with Gasteiger partial charge in [0.2, 0.25) is 0 Å². The first kappa shape index (κ1) is 25.9. The monoisotopic (exact) mass is 484 g/mol. The molecule has 1 aliphatic heterocycles. The van der Waals surface area contributed by atoms with Crippen LogP contribution in [0.15, 0.2) is 4.99 Å². The lowest BCUT2D eigenvalue weighted by Gasteiger charge is -2.19. The average molecular weight is 484 g/mol. The number of hydrogen-bond acceptors (Lipinski definition) is 4. The Labute approximate surface area is 177 Å². The number of likely N-dealkylation sites (tertiary alicyclic amines) is 1. The molecule has 1 rings (SSSR count). The summed E-state index contributed by atoms with van der Waals surface area (Å²) in [6, 6.07) is 0. The molecular weight excluding hydrogens is 443 g/mol. The summed E-state index contributed by atoms with van der Waals surface area (Å²) in [5, 5.41) is 6.63. The molecule has 0 aromatic heterocycles. The summed E-state index contributed by atoms with van der Waals surface area (Å²) in [7, 11) is 0. The van der Waals surface area contributed by atoms with Crippen molar-refractivity contribution in [3.05, 3.63) is 0 Å². The molecule has 156 valence electrons. The van der Waals surface area contributed by atoms with Gasteiger partial charge in [-0.2, -0.15) is 0 Å². The lowest BCUT2D eigenvalue weighted by Crippen LogP contribution is -2.39. The third-order valence-corrected chi connectivity index (χ3v) is 4.28. The summed E-state index contributed by atoms with van der Waals surface area (Å²) >= 11 is 0. The minimum atomic E-state index is 0. The number of nitrogens with one attached hydrogen (secondary N) is 2. The minimum absolute atomic E-state index is 0. The van der Waals surface area contributed by atoms with Crippen molar-refractivity contribution in [1.29, 1.82) is 0 Å². The molecule has 2 N–H and O–H groups in total. The Morgan fingerprint density at radius 3 is 2.27 bits per heavy atom. The molecule has 6 nitrogen and oxygen atoms in total. The van der Waals surface area contributed by atoms with Gasteiger partial charge in [0.05, 0.1) is 26.4 Å². The van der Waals surface area contributed by atoms with Gasteiger partial charge in [-0.3, -0.25) is 4.99 Å². The maximum atomic E-state index is 5.58. The molecule has 0 saturated carbocycles. The molecule has 1 fully saturated rings. The minimum Gasteiger partial charge on any atom is -0.379 e. The summed E-state index contributed by atoms with van der Waals surface area (Å²) in [6.45, 7) is 13.1. The van der Waals surface area contributed by atoms with Crippen molar-refractivity contribution in [3.8, 4) is 0 Å². The van der Waals surface area contributed by atoms with Gasteiger partial charge in [0, 0.05) is 26.2 Å². The predicted octanol–water partition coefficient (Wildman–Crippen LogP) is 2.87. The van der Waals surface area contributed by atoms with E-state index < -0.39 is 0 Å². The molecular formula is C19H41IN4O2. The zero-order chi connectivity index (χ0) is 18.0. The topological polar surface area (TPSA) is 58.1 Å². The Bertz CT molecular complexity index is 325. The van der Waals surface area contributed by atoms with Gasteiger partial charge in [-0.1, -0.05) is 26.2 Å². The summed E-state index contributed by atoms with van der Waals surface area (Å²) in [6.07, 6.45) is 7.74. The van der Waals surface area contributed by atoms with Gasteiger partial charge in [-0.15, -0.1) is 24.0 Å². The van der Waals surface area contributed by atoms with Crippen LogP contribution in [0.2, 0.25) is 0 Å². The zero-order valence-electron chi connectivity index (χ0n) is 16.9. The Balaban J connectivity index is 0.00000625. The van der Waals surface area contributed by atoms with E-state index in [4.69, 9.17) is 9.47 Å². The number of nitrogens with zero attached hydrogens (tertiary/aromatic N) is 2. The predicted molar refractivity (Wildman–Crippen MR) is 121 cm³/mol. The number of hydrogen-bond donors (Lipinski definition) is 2.